The van der Waals surface area contributed by atoms with Gasteiger partial charge in [-0.3, -0.25) is 4.79 Å². The molecular weight excluding hydrogens is 655 g/mol. The maximum Gasteiger partial charge on any atom is 0.323 e. The number of carbonyl (C=O) groups excluding carboxylic acids is 1. The van der Waals surface area contributed by atoms with Crippen molar-refractivity contribution < 1.29 is 23.7 Å². The maximum atomic E-state index is 11.5. The summed E-state index contributed by atoms with van der Waals surface area (Å²) in [5.74, 6) is -0.197. The van der Waals surface area contributed by atoms with Crippen molar-refractivity contribution in [3.05, 3.63) is 54.1 Å². The summed E-state index contributed by atoms with van der Waals surface area (Å²) in [6.07, 6.45) is 8.05. The smallest absolute Gasteiger partial charge is 0.323 e. The highest BCUT2D eigenvalue weighted by molar-refractivity contribution is 14.1. The third kappa shape index (κ3) is 10.3. The number of likely N-dealkylation sites (N-methyl/N-ethyl adjacent to an activating group) is 1. The first-order valence-corrected chi connectivity index (χ1v) is 14.4. The van der Waals surface area contributed by atoms with Gasteiger partial charge in [-0.25, -0.2) is 18.5 Å². The number of H-pyrrole nitrogens is 1. The summed E-state index contributed by atoms with van der Waals surface area (Å²) in [6, 6.07) is 9.26. The predicted molar refractivity (Wildman–Crippen MR) is 166 cm³/mol. The molecule has 2 aromatic heterocycles. The van der Waals surface area contributed by atoms with Crippen LogP contribution in [0.4, 0.5) is 5.82 Å². The lowest BCUT2D eigenvalue weighted by Gasteiger charge is -2.18. The summed E-state index contributed by atoms with van der Waals surface area (Å²) in [4.78, 5) is 28.0. The Morgan fingerprint density at radius 2 is 1.98 bits per heavy atom. The number of aromatic amines is 1. The number of nitrogens with one attached hydrogen (secondary N) is 2. The number of hydrogen-bond acceptors (Lipinski definition) is 12. The highest BCUT2D eigenvalue weighted by Gasteiger charge is 2.44. The standard InChI is InChI=1S/C16H20IN3O2.C7H12O3.C5H5N5/c1-20(11-9-15(19-17)16(21)22-2)10-3-4-13-5-7-14(12-18)8-6-13;1-7(2)9-5-3-8-4-6(5)10-7;6-4-3-5(9-1-7-3)10-2-8-4/h3-8,15,19H,9-11H2,1-2H3;5-6H,3-4H2,1-2H3;1-2H,(H3,6,7,8,9,10)/b4-3+;;/t15-;5-,6+;/m0../s1. The Kier molecular flexibility index (Phi) is 13.0. The molecule has 226 valence electrons. The Hall–Kier alpha value is -3.20. The van der Waals surface area contributed by atoms with Crippen molar-refractivity contribution in [1.82, 2.24) is 28.4 Å². The molecular formula is C28H37IN8O5. The Balaban J connectivity index is 0.000000197. The van der Waals surface area contributed by atoms with Crippen LogP contribution in [-0.4, -0.2) is 95.3 Å². The fourth-order valence-corrected chi connectivity index (χ4v) is 4.68. The van der Waals surface area contributed by atoms with E-state index in [1.54, 1.807) is 12.1 Å². The molecule has 3 aromatic rings. The molecule has 3 atom stereocenters. The highest BCUT2D eigenvalue weighted by Crippen LogP contribution is 2.31. The average Bonchev–Trinajstić information content (AvgIpc) is 3.70. The number of esters is 1. The molecule has 0 amide bonds. The van der Waals surface area contributed by atoms with E-state index >= 15 is 0 Å². The van der Waals surface area contributed by atoms with Gasteiger partial charge in [-0.1, -0.05) is 24.3 Å². The number of methoxy groups -OCH3 is 1. The number of aromatic nitrogens is 4. The van der Waals surface area contributed by atoms with Gasteiger partial charge in [0.15, 0.2) is 17.3 Å². The lowest BCUT2D eigenvalue weighted by molar-refractivity contribution is -0.164. The van der Waals surface area contributed by atoms with Crippen molar-refractivity contribution in [1.29, 1.82) is 5.26 Å². The van der Waals surface area contributed by atoms with Gasteiger partial charge in [0.2, 0.25) is 0 Å². The second-order valence-corrected chi connectivity index (χ2v) is 10.6. The lowest BCUT2D eigenvalue weighted by Crippen LogP contribution is -2.35. The molecule has 42 heavy (non-hydrogen) atoms. The van der Waals surface area contributed by atoms with Crippen molar-refractivity contribution in [3.8, 4) is 6.07 Å². The number of rotatable bonds is 8. The third-order valence-electron chi connectivity index (χ3n) is 6.29. The van der Waals surface area contributed by atoms with Crippen molar-refractivity contribution in [2.45, 2.75) is 44.3 Å². The summed E-state index contributed by atoms with van der Waals surface area (Å²) in [5.41, 5.74) is 8.50. The summed E-state index contributed by atoms with van der Waals surface area (Å²) in [5, 5.41) is 8.75. The fraction of sp³-hybridized carbons (Fsp3) is 0.464. The Bertz CT molecular complexity index is 1330. The number of anilines is 1. The molecule has 5 rings (SSSR count). The zero-order valence-corrected chi connectivity index (χ0v) is 26.3. The van der Waals surface area contributed by atoms with Gasteiger partial charge in [0.1, 0.15) is 30.1 Å². The van der Waals surface area contributed by atoms with Crippen LogP contribution in [0.1, 0.15) is 31.4 Å². The van der Waals surface area contributed by atoms with Gasteiger partial charge in [0.05, 0.1) is 38.3 Å². The van der Waals surface area contributed by atoms with Gasteiger partial charge < -0.3 is 34.6 Å². The highest BCUT2D eigenvalue weighted by atomic mass is 127. The summed E-state index contributed by atoms with van der Waals surface area (Å²) in [6.45, 7) is 6.82. The van der Waals surface area contributed by atoms with E-state index in [0.717, 1.165) is 18.7 Å². The molecule has 0 spiro atoms. The zero-order chi connectivity index (χ0) is 30.5. The molecule has 13 nitrogen and oxygen atoms in total. The van der Waals surface area contributed by atoms with Crippen LogP contribution >= 0.6 is 22.9 Å². The molecule has 2 fully saturated rings. The summed E-state index contributed by atoms with van der Waals surface area (Å²) in [7, 11) is 3.40. The van der Waals surface area contributed by atoms with Gasteiger partial charge in [-0.05, 0) is 45.0 Å². The van der Waals surface area contributed by atoms with E-state index in [0.29, 0.717) is 42.2 Å². The number of ether oxygens (including phenoxy) is 4. The first kappa shape index (κ1) is 33.3. The number of halogens is 1. The largest absolute Gasteiger partial charge is 0.468 e. The zero-order valence-electron chi connectivity index (χ0n) is 24.1. The van der Waals surface area contributed by atoms with E-state index in [9.17, 15) is 4.79 Å². The van der Waals surface area contributed by atoms with Crippen molar-refractivity contribution in [3.63, 3.8) is 0 Å². The fourth-order valence-electron chi connectivity index (χ4n) is 4.11. The van der Waals surface area contributed by atoms with Crippen LogP contribution in [0.25, 0.3) is 17.2 Å². The minimum atomic E-state index is -0.390. The second-order valence-electron chi connectivity index (χ2n) is 9.98. The van der Waals surface area contributed by atoms with Gasteiger partial charge in [-0.15, -0.1) is 0 Å². The van der Waals surface area contributed by atoms with E-state index in [4.69, 9.17) is 29.9 Å². The third-order valence-corrected chi connectivity index (χ3v) is 7.04. The van der Waals surface area contributed by atoms with E-state index in [1.807, 2.05) is 62.0 Å². The van der Waals surface area contributed by atoms with Crippen molar-refractivity contribution in [2.24, 2.45) is 0 Å². The first-order chi connectivity index (χ1) is 20.2. The molecule has 4 heterocycles. The number of hydrogen-bond donors (Lipinski definition) is 3. The number of imidazole rings is 1. The van der Waals surface area contributed by atoms with Gasteiger partial charge in [0, 0.05) is 36.0 Å². The number of nitrogen functional groups attached to an aromatic ring is 1. The Morgan fingerprint density at radius 1 is 1.29 bits per heavy atom. The molecule has 0 aliphatic carbocycles. The van der Waals surface area contributed by atoms with Gasteiger partial charge in [0.25, 0.3) is 0 Å². The number of carbonyl (C=O) groups is 1. The van der Waals surface area contributed by atoms with E-state index in [1.165, 1.54) is 19.8 Å². The molecule has 2 aliphatic heterocycles. The summed E-state index contributed by atoms with van der Waals surface area (Å²) >= 11 is 1.97. The number of fused-ring (bicyclic) bond motifs is 2. The van der Waals surface area contributed by atoms with Crippen molar-refractivity contribution in [2.75, 3.05) is 46.2 Å². The molecule has 0 saturated carbocycles. The predicted octanol–water partition coefficient (Wildman–Crippen LogP) is 2.85. The van der Waals surface area contributed by atoms with Gasteiger partial charge in [-0.2, -0.15) is 5.26 Å². The molecule has 2 saturated heterocycles. The molecule has 2 aliphatic rings. The molecule has 0 unspecified atom stereocenters. The lowest BCUT2D eigenvalue weighted by atomic mass is 10.1. The van der Waals surface area contributed by atoms with Crippen LogP contribution in [0, 0.1) is 11.3 Å². The molecule has 0 radical (unpaired) electrons. The van der Waals surface area contributed by atoms with Gasteiger partial charge >= 0.3 is 5.97 Å². The molecule has 4 N–H and O–H groups in total. The minimum absolute atomic E-state index is 0.176. The number of benzene rings is 1. The van der Waals surface area contributed by atoms with E-state index in [-0.39, 0.29) is 30.0 Å². The minimum Gasteiger partial charge on any atom is -0.468 e. The van der Waals surface area contributed by atoms with Crippen LogP contribution < -0.4 is 9.26 Å². The van der Waals surface area contributed by atoms with E-state index < -0.39 is 0 Å². The molecule has 14 heteroatoms. The number of nitrogens with two attached hydrogens (primary N) is 1. The quantitative estimate of drug-likeness (QED) is 0.179. The van der Waals surface area contributed by atoms with Crippen molar-refractivity contribution >= 4 is 51.9 Å². The van der Waals surface area contributed by atoms with E-state index in [2.05, 4.69) is 40.5 Å². The number of nitrogens with zero attached hydrogens (tertiary/aromatic N) is 5. The normalized spacial score (nSPS) is 19.4. The second kappa shape index (κ2) is 16.4. The topological polar surface area (TPSA) is 174 Å². The van der Waals surface area contributed by atoms with Crippen LogP contribution in [0.15, 0.2) is 43.0 Å². The maximum absolute atomic E-state index is 11.5. The average molecular weight is 693 g/mol. The Morgan fingerprint density at radius 3 is 2.57 bits per heavy atom. The van der Waals surface area contributed by atoms with Crippen LogP contribution in [0.5, 0.6) is 0 Å². The molecule has 1 aromatic carbocycles. The van der Waals surface area contributed by atoms with Crippen LogP contribution in [-0.2, 0) is 23.7 Å². The monoisotopic (exact) mass is 692 g/mol. The SMILES string of the molecule is CC1(C)O[C@H]2COC[C@H]2O1.COC(=O)[C@H](CCN(C)C/C=C/c1ccc(C#N)cc1)NI.Nc1ncnc2nc[nH]c12. The molecule has 0 bridgehead atoms. The van der Waals surface area contributed by atoms with Crippen LogP contribution in [0.3, 0.4) is 0 Å². The first-order valence-electron chi connectivity index (χ1n) is 13.3. The number of nitriles is 1. The van der Waals surface area contributed by atoms with Crippen LogP contribution in [0.2, 0.25) is 0 Å². The Labute approximate surface area is 259 Å². The summed E-state index contributed by atoms with van der Waals surface area (Å²) < 4.78 is 23.9.